The van der Waals surface area contributed by atoms with Gasteiger partial charge in [-0.05, 0) is 57.4 Å². The normalized spacial score (nSPS) is 19.8. The average Bonchev–Trinajstić information content (AvgIpc) is 3.45. The van der Waals surface area contributed by atoms with Gasteiger partial charge in [0, 0.05) is 60.7 Å². The SMILES string of the molecule is C=C[C@@H]1C[C@@]1(NC(=O)[C@@H]1C[C@@H](Oc2cc(-c3csc(NC(C)C)n3)nc3cc(OC)ccc23)CN1)C(=O)NS(=O)(=O)c1ccccc1NC(=O)CCCCCCC(=O)O. The number of amides is 3. The van der Waals surface area contributed by atoms with Crippen LogP contribution in [0.5, 0.6) is 11.5 Å². The number of hydrogen-bond donors (Lipinski definition) is 6. The molecule has 314 valence electrons. The highest BCUT2D eigenvalue weighted by Gasteiger charge is 2.61. The number of hydrogen-bond acceptors (Lipinski definition) is 13. The zero-order valence-corrected chi connectivity index (χ0v) is 34.7. The summed E-state index contributed by atoms with van der Waals surface area (Å²) in [7, 11) is -2.93. The molecule has 1 saturated heterocycles. The van der Waals surface area contributed by atoms with Gasteiger partial charge in [-0.1, -0.05) is 31.1 Å². The molecule has 16 nitrogen and oxygen atoms in total. The number of aliphatic carboxylic acids is 1. The number of pyridine rings is 1. The molecular formula is C41H49N7O9S2. The fraction of sp³-hybridized carbons (Fsp3) is 0.415. The summed E-state index contributed by atoms with van der Waals surface area (Å²) in [5.74, 6) is -2.08. The van der Waals surface area contributed by atoms with E-state index in [0.717, 1.165) is 10.5 Å². The summed E-state index contributed by atoms with van der Waals surface area (Å²) in [5, 5.41) is 24.1. The second-order valence-electron chi connectivity index (χ2n) is 15.0. The second-order valence-corrected chi connectivity index (χ2v) is 17.5. The summed E-state index contributed by atoms with van der Waals surface area (Å²) in [6.07, 6.45) is 3.91. The van der Waals surface area contributed by atoms with E-state index in [0.29, 0.717) is 60.6 Å². The number of ether oxygens (including phenoxy) is 2. The number of fused-ring (bicyclic) bond motifs is 1. The van der Waals surface area contributed by atoms with Gasteiger partial charge in [0.25, 0.3) is 15.9 Å². The Labute approximate surface area is 346 Å². The number of para-hydroxylation sites is 1. The molecule has 1 aliphatic heterocycles. The minimum atomic E-state index is -4.51. The summed E-state index contributed by atoms with van der Waals surface area (Å²) in [6.45, 7) is 8.17. The molecule has 1 aliphatic carbocycles. The lowest BCUT2D eigenvalue weighted by atomic mass is 10.1. The van der Waals surface area contributed by atoms with Crippen LogP contribution in [0.2, 0.25) is 0 Å². The molecule has 3 heterocycles. The van der Waals surface area contributed by atoms with Gasteiger partial charge in [0.15, 0.2) is 5.13 Å². The van der Waals surface area contributed by atoms with Crippen molar-refractivity contribution < 1.29 is 42.2 Å². The van der Waals surface area contributed by atoms with Crippen molar-refractivity contribution in [2.75, 3.05) is 24.3 Å². The van der Waals surface area contributed by atoms with Gasteiger partial charge in [-0.2, -0.15) is 0 Å². The molecule has 6 rings (SSSR count). The summed E-state index contributed by atoms with van der Waals surface area (Å²) < 4.78 is 41.4. The number of anilines is 2. The third-order valence-electron chi connectivity index (χ3n) is 10.1. The molecule has 2 fully saturated rings. The first-order valence-electron chi connectivity index (χ1n) is 19.4. The lowest BCUT2D eigenvalue weighted by Gasteiger charge is -2.21. The average molecular weight is 848 g/mol. The van der Waals surface area contributed by atoms with Gasteiger partial charge in [-0.15, -0.1) is 17.9 Å². The Morgan fingerprint density at radius 3 is 2.53 bits per heavy atom. The number of nitrogens with one attached hydrogen (secondary N) is 5. The molecule has 0 radical (unpaired) electrons. The first kappa shape index (κ1) is 43.0. The highest BCUT2D eigenvalue weighted by atomic mass is 32.2. The zero-order valence-electron chi connectivity index (χ0n) is 33.1. The minimum absolute atomic E-state index is 0.00766. The van der Waals surface area contributed by atoms with E-state index < -0.39 is 57.3 Å². The number of carbonyl (C=O) groups is 4. The first-order chi connectivity index (χ1) is 28.2. The van der Waals surface area contributed by atoms with Crippen molar-refractivity contribution in [1.29, 1.82) is 0 Å². The molecule has 0 spiro atoms. The van der Waals surface area contributed by atoms with Crippen LogP contribution in [-0.2, 0) is 29.2 Å². The Morgan fingerprint density at radius 2 is 1.81 bits per heavy atom. The molecule has 6 N–H and O–H groups in total. The maximum Gasteiger partial charge on any atom is 0.303 e. The van der Waals surface area contributed by atoms with E-state index in [1.165, 1.54) is 35.6 Å². The van der Waals surface area contributed by atoms with Gasteiger partial charge in [0.05, 0.1) is 30.0 Å². The maximum absolute atomic E-state index is 13.8. The molecule has 2 aromatic heterocycles. The van der Waals surface area contributed by atoms with E-state index in [1.54, 1.807) is 13.2 Å². The van der Waals surface area contributed by atoms with Crippen LogP contribution in [0.1, 0.15) is 65.2 Å². The molecule has 3 amide bonds. The van der Waals surface area contributed by atoms with Crippen LogP contribution in [-0.4, -0.2) is 84.6 Å². The van der Waals surface area contributed by atoms with Crippen LogP contribution in [0.15, 0.2) is 71.5 Å². The van der Waals surface area contributed by atoms with E-state index in [4.69, 9.17) is 24.5 Å². The van der Waals surface area contributed by atoms with Gasteiger partial charge in [-0.25, -0.2) is 23.1 Å². The number of carbonyl (C=O) groups excluding carboxylic acids is 3. The Kier molecular flexibility index (Phi) is 13.5. The third-order valence-corrected chi connectivity index (χ3v) is 12.3. The fourth-order valence-electron chi connectivity index (χ4n) is 6.95. The number of rotatable bonds is 20. The third kappa shape index (κ3) is 10.5. The predicted octanol–water partition coefficient (Wildman–Crippen LogP) is 5.23. The number of methoxy groups -OCH3 is 1. The minimum Gasteiger partial charge on any atom is -0.497 e. The standard InChI is InChI=1S/C41H49N7O9S2/c1-5-25-21-41(25,39(53)48-59(54,55)35-13-11-10-12-29(35)45-36(49)14-8-6-7-9-15-37(50)51)47-38(52)32-19-27(22-42-32)57-34-20-31(33-23-58-40(46-33)43-24(2)3)44-30-18-26(56-4)16-17-28(30)34/h5,10-13,16-18,20,23-25,27,32,42H,1,6-9,14-15,19,21-22H2,2-4H3,(H,43,46)(H,45,49)(H,47,52)(H,48,53)(H,50,51)/t25-,27-,32+,41+/m1/s1. The van der Waals surface area contributed by atoms with Crippen LogP contribution in [0.4, 0.5) is 10.8 Å². The quantitative estimate of drug-likeness (QED) is 0.0496. The Morgan fingerprint density at radius 1 is 1.05 bits per heavy atom. The smallest absolute Gasteiger partial charge is 0.303 e. The van der Waals surface area contributed by atoms with Crippen molar-refractivity contribution in [2.24, 2.45) is 5.92 Å². The van der Waals surface area contributed by atoms with Crippen LogP contribution in [0, 0.1) is 5.92 Å². The van der Waals surface area contributed by atoms with Gasteiger partial charge in [0.2, 0.25) is 11.8 Å². The highest BCUT2D eigenvalue weighted by Crippen LogP contribution is 2.45. The monoisotopic (exact) mass is 847 g/mol. The number of thiazole rings is 1. The van der Waals surface area contributed by atoms with Crippen molar-refractivity contribution in [3.63, 3.8) is 0 Å². The highest BCUT2D eigenvalue weighted by molar-refractivity contribution is 7.90. The topological polar surface area (TPSA) is 227 Å². The Balaban J connectivity index is 1.10. The summed E-state index contributed by atoms with van der Waals surface area (Å²) in [6, 6.07) is 12.5. The lowest BCUT2D eigenvalue weighted by Crippen LogP contribution is -2.55. The lowest BCUT2D eigenvalue weighted by molar-refractivity contribution is -0.137. The first-order valence-corrected chi connectivity index (χ1v) is 21.8. The summed E-state index contributed by atoms with van der Waals surface area (Å²) in [4.78, 5) is 60.2. The number of nitrogens with zero attached hydrogens (tertiary/aromatic N) is 2. The Hall–Kier alpha value is -5.59. The van der Waals surface area contributed by atoms with Crippen molar-refractivity contribution in [1.82, 2.24) is 25.3 Å². The van der Waals surface area contributed by atoms with Crippen molar-refractivity contribution in [2.45, 2.75) is 93.8 Å². The van der Waals surface area contributed by atoms with Crippen LogP contribution >= 0.6 is 11.3 Å². The van der Waals surface area contributed by atoms with E-state index in [-0.39, 0.29) is 42.3 Å². The number of carboxylic acids is 1. The van der Waals surface area contributed by atoms with Crippen LogP contribution in [0.3, 0.4) is 0 Å². The maximum atomic E-state index is 13.8. The molecule has 0 bridgehead atoms. The number of benzene rings is 2. The number of carboxylic acid groups (broad SMARTS) is 1. The molecular weight excluding hydrogens is 799 g/mol. The van der Waals surface area contributed by atoms with Crippen LogP contribution < -0.4 is 35.5 Å². The van der Waals surface area contributed by atoms with Gasteiger partial charge in [-0.3, -0.25) is 19.2 Å². The largest absolute Gasteiger partial charge is 0.497 e. The molecule has 2 aromatic carbocycles. The van der Waals surface area contributed by atoms with Gasteiger partial charge >= 0.3 is 5.97 Å². The van der Waals surface area contributed by atoms with E-state index in [1.807, 2.05) is 43.5 Å². The molecule has 4 aromatic rings. The van der Waals surface area contributed by atoms with Crippen molar-refractivity contribution in [3.05, 3.63) is 66.6 Å². The molecule has 0 unspecified atom stereocenters. The van der Waals surface area contributed by atoms with E-state index in [2.05, 4.69) is 32.6 Å². The summed E-state index contributed by atoms with van der Waals surface area (Å²) in [5.41, 5.74) is 0.354. The van der Waals surface area contributed by atoms with E-state index >= 15 is 0 Å². The zero-order chi connectivity index (χ0) is 42.3. The number of sulfonamides is 1. The predicted molar refractivity (Wildman–Crippen MR) is 224 cm³/mol. The fourth-order valence-corrected chi connectivity index (χ4v) is 9.00. The number of unbranched alkanes of at least 4 members (excludes halogenated alkanes) is 3. The molecule has 1 saturated carbocycles. The van der Waals surface area contributed by atoms with E-state index in [9.17, 15) is 27.6 Å². The van der Waals surface area contributed by atoms with Gasteiger partial charge in [0.1, 0.15) is 33.7 Å². The van der Waals surface area contributed by atoms with Crippen LogP contribution in [0.25, 0.3) is 22.3 Å². The molecule has 2 aliphatic rings. The molecule has 4 atom stereocenters. The van der Waals surface area contributed by atoms with Crippen molar-refractivity contribution in [3.8, 4) is 22.9 Å². The van der Waals surface area contributed by atoms with Crippen molar-refractivity contribution >= 4 is 66.8 Å². The van der Waals surface area contributed by atoms with Gasteiger partial charge < -0.3 is 35.8 Å². The number of aromatic nitrogens is 2. The summed E-state index contributed by atoms with van der Waals surface area (Å²) >= 11 is 1.47. The molecule has 59 heavy (non-hydrogen) atoms. The Bertz CT molecular complexity index is 2330. The molecule has 18 heteroatoms. The second kappa shape index (κ2) is 18.6.